The van der Waals surface area contributed by atoms with Crippen molar-refractivity contribution in [1.82, 2.24) is 10.2 Å². The topological polar surface area (TPSA) is 105 Å². The largest absolute Gasteiger partial charge is 0.484 e. The summed E-state index contributed by atoms with van der Waals surface area (Å²) in [5, 5.41) is 3.53. The molecule has 0 saturated carbocycles. The van der Waals surface area contributed by atoms with E-state index in [0.29, 0.717) is 5.02 Å². The minimum absolute atomic E-state index is 0.0483. The van der Waals surface area contributed by atoms with Gasteiger partial charge in [0.2, 0.25) is 5.91 Å². The Morgan fingerprint density at radius 2 is 1.35 bits per heavy atom. The molecule has 2 amide bonds. The first kappa shape index (κ1) is 34.2. The molecule has 11 heteroatoms. The first-order chi connectivity index (χ1) is 23.2. The van der Waals surface area contributed by atoms with Crippen molar-refractivity contribution in [1.29, 1.82) is 0 Å². The monoisotopic (exact) mass is 685 g/mol. The van der Waals surface area contributed by atoms with Crippen molar-refractivity contribution in [3.63, 3.8) is 0 Å². The van der Waals surface area contributed by atoms with Gasteiger partial charge in [0, 0.05) is 30.2 Å². The highest BCUT2D eigenvalue weighted by atomic mass is 35.5. The molecule has 0 spiro atoms. The first-order valence-electron chi connectivity index (χ1n) is 15.1. The predicted octanol–water partition coefficient (Wildman–Crippen LogP) is 6.62. The Bertz CT molecular complexity index is 1910. The molecule has 0 radical (unpaired) electrons. The van der Waals surface area contributed by atoms with E-state index < -0.39 is 34.4 Å². The van der Waals surface area contributed by atoms with Crippen LogP contribution in [0.15, 0.2) is 138 Å². The molecule has 1 atom stereocenters. The minimum Gasteiger partial charge on any atom is -0.484 e. The van der Waals surface area contributed by atoms with Crippen LogP contribution in [0.2, 0.25) is 5.02 Å². The van der Waals surface area contributed by atoms with Gasteiger partial charge in [-0.2, -0.15) is 0 Å². The molecule has 0 aliphatic rings. The van der Waals surface area contributed by atoms with Gasteiger partial charge in [-0.1, -0.05) is 84.4 Å². The van der Waals surface area contributed by atoms with Crippen molar-refractivity contribution in [3.05, 3.63) is 161 Å². The Kier molecular flexibility index (Phi) is 11.4. The van der Waals surface area contributed by atoms with Gasteiger partial charge in [0.15, 0.2) is 6.61 Å². The molecule has 5 aromatic rings. The Hall–Kier alpha value is -5.19. The van der Waals surface area contributed by atoms with Gasteiger partial charge in [0.25, 0.3) is 15.9 Å². The van der Waals surface area contributed by atoms with Crippen molar-refractivity contribution < 1.29 is 27.1 Å². The minimum atomic E-state index is -3.96. The van der Waals surface area contributed by atoms with Gasteiger partial charge in [0.05, 0.1) is 4.90 Å². The summed E-state index contributed by atoms with van der Waals surface area (Å²) in [4.78, 5) is 29.2. The molecule has 48 heavy (non-hydrogen) atoms. The summed E-state index contributed by atoms with van der Waals surface area (Å²) in [7, 11) is -3.96. The number of carbonyl (C=O) groups excluding carboxylic acids is 2. The van der Waals surface area contributed by atoms with E-state index >= 15 is 0 Å². The van der Waals surface area contributed by atoms with Crippen molar-refractivity contribution >= 4 is 39.1 Å². The number of carbonyl (C=O) groups is 2. The lowest BCUT2D eigenvalue weighted by molar-refractivity contribution is -0.142. The van der Waals surface area contributed by atoms with Gasteiger partial charge in [-0.3, -0.25) is 14.3 Å². The number of hydrogen-bond donors (Lipinski definition) is 2. The average Bonchev–Trinajstić information content (AvgIpc) is 3.10. The molecule has 0 aliphatic heterocycles. The van der Waals surface area contributed by atoms with Crippen LogP contribution in [-0.2, 0) is 39.1 Å². The van der Waals surface area contributed by atoms with Crippen molar-refractivity contribution in [2.24, 2.45) is 0 Å². The number of hydrogen-bond acceptors (Lipinski definition) is 5. The SMILES string of the molecule is O=C(NCc1ccccc1)[C@H](Cc1ccccc1)N(Cc1ccc(Cl)cc1)C(=O)COc1ccc(S(=O)(=O)Nc2ccc(F)cc2)cc1. The summed E-state index contributed by atoms with van der Waals surface area (Å²) in [5.74, 6) is -1.01. The zero-order valence-electron chi connectivity index (χ0n) is 25.8. The van der Waals surface area contributed by atoms with E-state index in [1.807, 2.05) is 60.7 Å². The Morgan fingerprint density at radius 1 is 0.750 bits per heavy atom. The van der Waals surface area contributed by atoms with E-state index in [-0.39, 0.29) is 41.7 Å². The number of rotatable bonds is 14. The third kappa shape index (κ3) is 9.66. The van der Waals surface area contributed by atoms with Gasteiger partial charge in [0.1, 0.15) is 17.6 Å². The van der Waals surface area contributed by atoms with Crippen LogP contribution in [0.1, 0.15) is 16.7 Å². The molecule has 0 fully saturated rings. The van der Waals surface area contributed by atoms with Gasteiger partial charge in [-0.05, 0) is 77.4 Å². The van der Waals surface area contributed by atoms with Crippen molar-refractivity contribution in [2.75, 3.05) is 11.3 Å². The predicted molar refractivity (Wildman–Crippen MR) is 183 cm³/mol. The fraction of sp³-hybridized carbons (Fsp3) is 0.135. The smallest absolute Gasteiger partial charge is 0.261 e. The molecule has 0 heterocycles. The van der Waals surface area contributed by atoms with Crippen LogP contribution in [0.5, 0.6) is 5.75 Å². The van der Waals surface area contributed by atoms with Crippen molar-refractivity contribution in [3.8, 4) is 5.75 Å². The fourth-order valence-corrected chi connectivity index (χ4v) is 6.10. The van der Waals surface area contributed by atoms with Gasteiger partial charge >= 0.3 is 0 Å². The third-order valence-corrected chi connectivity index (χ3v) is 9.09. The number of nitrogens with zero attached hydrogens (tertiary/aromatic N) is 1. The Labute approximate surface area is 284 Å². The highest BCUT2D eigenvalue weighted by molar-refractivity contribution is 7.92. The third-order valence-electron chi connectivity index (χ3n) is 7.44. The lowest BCUT2D eigenvalue weighted by atomic mass is 10.0. The number of anilines is 1. The van der Waals surface area contributed by atoms with Crippen molar-refractivity contribution in [2.45, 2.75) is 30.4 Å². The molecule has 246 valence electrons. The number of halogens is 2. The normalized spacial score (nSPS) is 11.7. The summed E-state index contributed by atoms with van der Waals surface area (Å²) in [6.07, 6.45) is 0.258. The first-order valence-corrected chi connectivity index (χ1v) is 16.9. The number of ether oxygens (including phenoxy) is 1. The molecular formula is C37H33ClFN3O5S. The van der Waals surface area contributed by atoms with Crippen LogP contribution >= 0.6 is 11.6 Å². The van der Waals surface area contributed by atoms with Gasteiger partial charge in [-0.15, -0.1) is 0 Å². The van der Waals surface area contributed by atoms with E-state index in [1.165, 1.54) is 41.3 Å². The summed E-state index contributed by atoms with van der Waals surface area (Å²) in [6, 6.07) is 35.6. The average molecular weight is 686 g/mol. The molecule has 5 rings (SSSR count). The van der Waals surface area contributed by atoms with Crippen LogP contribution in [0, 0.1) is 5.82 Å². The molecule has 0 unspecified atom stereocenters. The summed E-state index contributed by atoms with van der Waals surface area (Å²) >= 11 is 6.11. The second-order valence-corrected chi connectivity index (χ2v) is 13.0. The fourth-order valence-electron chi connectivity index (χ4n) is 4.92. The Morgan fingerprint density at radius 3 is 1.98 bits per heavy atom. The van der Waals surface area contributed by atoms with Gasteiger partial charge in [-0.25, -0.2) is 12.8 Å². The van der Waals surface area contributed by atoms with Crippen LogP contribution in [0.25, 0.3) is 0 Å². The molecule has 5 aromatic carbocycles. The molecule has 0 saturated heterocycles. The van der Waals surface area contributed by atoms with E-state index in [2.05, 4.69) is 10.0 Å². The molecule has 8 nitrogen and oxygen atoms in total. The maximum Gasteiger partial charge on any atom is 0.261 e. The molecule has 2 N–H and O–H groups in total. The number of sulfonamides is 1. The highest BCUT2D eigenvalue weighted by Gasteiger charge is 2.31. The van der Waals surface area contributed by atoms with E-state index in [0.717, 1.165) is 28.8 Å². The number of benzene rings is 5. The summed E-state index contributed by atoms with van der Waals surface area (Å²) < 4.78 is 47.1. The zero-order valence-corrected chi connectivity index (χ0v) is 27.3. The van der Waals surface area contributed by atoms with Gasteiger partial charge < -0.3 is 15.0 Å². The highest BCUT2D eigenvalue weighted by Crippen LogP contribution is 2.21. The van der Waals surface area contributed by atoms with Crippen LogP contribution in [0.4, 0.5) is 10.1 Å². The lowest BCUT2D eigenvalue weighted by Crippen LogP contribution is -2.51. The second kappa shape index (κ2) is 16.1. The van der Waals surface area contributed by atoms with Crippen LogP contribution < -0.4 is 14.8 Å². The lowest BCUT2D eigenvalue weighted by Gasteiger charge is -2.31. The molecular weight excluding hydrogens is 653 g/mol. The number of nitrogens with one attached hydrogen (secondary N) is 2. The zero-order chi connectivity index (χ0) is 33.9. The molecule has 0 bridgehead atoms. The maximum absolute atomic E-state index is 13.9. The quantitative estimate of drug-likeness (QED) is 0.137. The standard InChI is InChI=1S/C37H33ClFN3O5S/c38-30-13-11-29(12-14-30)25-42(35(23-27-7-3-1-4-8-27)37(44)40-24-28-9-5-2-6-10-28)36(43)26-47-33-19-21-34(22-20-33)48(45,46)41-32-17-15-31(39)16-18-32/h1-22,35,41H,23-26H2,(H,40,44)/t35-/m0/s1. The van der Waals surface area contributed by atoms with Crippen LogP contribution in [0.3, 0.4) is 0 Å². The second-order valence-electron chi connectivity index (χ2n) is 10.9. The van der Waals surface area contributed by atoms with E-state index in [9.17, 15) is 22.4 Å². The maximum atomic E-state index is 13.9. The molecule has 0 aromatic heterocycles. The summed E-state index contributed by atoms with van der Waals surface area (Å²) in [6.45, 7) is -0.0116. The van der Waals surface area contributed by atoms with E-state index in [1.54, 1.807) is 24.3 Å². The molecule has 0 aliphatic carbocycles. The van der Waals surface area contributed by atoms with E-state index in [4.69, 9.17) is 16.3 Å². The number of amides is 2. The Balaban J connectivity index is 1.34. The summed E-state index contributed by atoms with van der Waals surface area (Å²) in [5.41, 5.74) is 2.77. The van der Waals surface area contributed by atoms with Crippen LogP contribution in [-0.4, -0.2) is 37.8 Å².